The van der Waals surface area contributed by atoms with Gasteiger partial charge in [-0.05, 0) is 104 Å². The van der Waals surface area contributed by atoms with Crippen LogP contribution in [0.25, 0.3) is 11.3 Å². The van der Waals surface area contributed by atoms with Crippen LogP contribution in [0.5, 0.6) is 11.5 Å². The van der Waals surface area contributed by atoms with Crippen LogP contribution in [0, 0.1) is 6.92 Å². The number of pyridine rings is 1. The summed E-state index contributed by atoms with van der Waals surface area (Å²) in [6, 6.07) is 32.9. The summed E-state index contributed by atoms with van der Waals surface area (Å²) < 4.78 is 12.5. The summed E-state index contributed by atoms with van der Waals surface area (Å²) in [4.78, 5) is 6.69. The number of aromatic nitrogens is 1. The summed E-state index contributed by atoms with van der Waals surface area (Å²) in [6.45, 7) is 2.05. The van der Waals surface area contributed by atoms with Gasteiger partial charge in [0, 0.05) is 22.5 Å². The van der Waals surface area contributed by atoms with Crippen LogP contribution < -0.4 is 15.0 Å². The minimum Gasteiger partial charge on any atom is -0.459 e. The van der Waals surface area contributed by atoms with E-state index in [1.54, 1.807) is 6.20 Å². The lowest BCUT2D eigenvalue weighted by Crippen LogP contribution is -2.29. The van der Waals surface area contributed by atoms with Crippen LogP contribution in [-0.4, -0.2) is 10.1 Å². The molecule has 0 radical (unpaired) electrons. The Labute approximate surface area is 231 Å². The number of hydrogen-bond acceptors (Lipinski definition) is 4. The van der Waals surface area contributed by atoms with Gasteiger partial charge in [0.05, 0.1) is 11.7 Å². The van der Waals surface area contributed by atoms with Gasteiger partial charge in [0.15, 0.2) is 5.11 Å². The first-order chi connectivity index (χ1) is 18.5. The highest BCUT2D eigenvalue weighted by atomic mass is 35.5. The molecular weight excluding hydrogens is 514 g/mol. The number of benzene rings is 3. The maximum Gasteiger partial charge on any atom is 0.174 e. The van der Waals surface area contributed by atoms with Gasteiger partial charge in [-0.1, -0.05) is 35.4 Å². The van der Waals surface area contributed by atoms with Gasteiger partial charge in [-0.3, -0.25) is 4.98 Å². The van der Waals surface area contributed by atoms with E-state index in [1.807, 2.05) is 103 Å². The smallest absolute Gasteiger partial charge is 0.174 e. The van der Waals surface area contributed by atoms with Gasteiger partial charge < -0.3 is 19.4 Å². The molecule has 0 amide bonds. The van der Waals surface area contributed by atoms with Crippen LogP contribution in [-0.2, 0) is 0 Å². The zero-order valence-electron chi connectivity index (χ0n) is 20.5. The average molecular weight is 538 g/mol. The predicted molar refractivity (Wildman–Crippen MR) is 155 cm³/mol. The lowest BCUT2D eigenvalue weighted by atomic mass is 10.0. The highest BCUT2D eigenvalue weighted by Gasteiger charge is 2.42. The zero-order valence-corrected chi connectivity index (χ0v) is 22.1. The Hall–Kier alpha value is -4.13. The van der Waals surface area contributed by atoms with E-state index < -0.39 is 0 Å². The third-order valence-corrected chi connectivity index (χ3v) is 7.08. The van der Waals surface area contributed by atoms with Crippen molar-refractivity contribution in [1.82, 2.24) is 10.3 Å². The van der Waals surface area contributed by atoms with Crippen molar-refractivity contribution in [2.24, 2.45) is 0 Å². The summed E-state index contributed by atoms with van der Waals surface area (Å²) in [5.74, 6) is 3.07. The van der Waals surface area contributed by atoms with Gasteiger partial charge >= 0.3 is 0 Å². The third kappa shape index (κ3) is 4.88. The molecule has 1 fully saturated rings. The molecule has 1 N–H and O–H groups in total. The molecule has 2 unspecified atom stereocenters. The number of rotatable bonds is 6. The topological polar surface area (TPSA) is 50.5 Å². The van der Waals surface area contributed by atoms with E-state index >= 15 is 0 Å². The van der Waals surface area contributed by atoms with Crippen molar-refractivity contribution in [2.75, 3.05) is 4.90 Å². The fourth-order valence-corrected chi connectivity index (χ4v) is 5.09. The SMILES string of the molecule is Cc1ccc(Oc2ccc(N3C(=S)NC(c4ccccn4)C3c3ccc(-c4ccc(Cl)cc4)o3)cc2)cc1. The molecule has 38 heavy (non-hydrogen) atoms. The number of hydrogen-bond donors (Lipinski definition) is 1. The van der Waals surface area contributed by atoms with Crippen LogP contribution in [0.1, 0.15) is 29.1 Å². The number of nitrogens with zero attached hydrogens (tertiary/aromatic N) is 2. The van der Waals surface area contributed by atoms with Crippen molar-refractivity contribution >= 4 is 34.6 Å². The van der Waals surface area contributed by atoms with Crippen LogP contribution in [0.3, 0.4) is 0 Å². The van der Waals surface area contributed by atoms with Crippen molar-refractivity contribution < 1.29 is 9.15 Å². The average Bonchev–Trinajstić information content (AvgIpc) is 3.56. The van der Waals surface area contributed by atoms with E-state index in [0.717, 1.165) is 40.0 Å². The Kier molecular flexibility index (Phi) is 6.58. The number of halogens is 1. The highest BCUT2D eigenvalue weighted by Crippen LogP contribution is 2.43. The molecule has 3 aromatic carbocycles. The molecule has 188 valence electrons. The molecule has 2 atom stereocenters. The third-order valence-electron chi connectivity index (χ3n) is 6.52. The number of furan rings is 1. The molecular formula is C31H24ClN3O2S. The maximum absolute atomic E-state index is 6.42. The Morgan fingerprint density at radius 2 is 1.58 bits per heavy atom. The Bertz CT molecular complexity index is 1550. The maximum atomic E-state index is 6.42. The minimum atomic E-state index is -0.248. The molecule has 5 aromatic rings. The summed E-state index contributed by atoms with van der Waals surface area (Å²) >= 11 is 11.9. The molecule has 0 bridgehead atoms. The van der Waals surface area contributed by atoms with E-state index in [0.29, 0.717) is 10.1 Å². The van der Waals surface area contributed by atoms with Crippen molar-refractivity contribution in [3.63, 3.8) is 0 Å². The zero-order chi connectivity index (χ0) is 26.1. The van der Waals surface area contributed by atoms with Gasteiger partial charge in [0.2, 0.25) is 0 Å². The second-order valence-electron chi connectivity index (χ2n) is 9.11. The molecule has 1 aliphatic heterocycles. The summed E-state index contributed by atoms with van der Waals surface area (Å²) in [6.07, 6.45) is 1.79. The molecule has 2 aromatic heterocycles. The molecule has 0 spiro atoms. The fraction of sp³-hybridized carbons (Fsp3) is 0.0968. The molecule has 6 rings (SSSR count). The Balaban J connectivity index is 1.34. The van der Waals surface area contributed by atoms with Crippen LogP contribution in [0.2, 0.25) is 5.02 Å². The van der Waals surface area contributed by atoms with E-state index in [-0.39, 0.29) is 12.1 Å². The van der Waals surface area contributed by atoms with Crippen molar-refractivity contribution in [2.45, 2.75) is 19.0 Å². The molecule has 0 saturated carbocycles. The van der Waals surface area contributed by atoms with Crippen LogP contribution >= 0.6 is 23.8 Å². The normalized spacial score (nSPS) is 16.9. The summed E-state index contributed by atoms with van der Waals surface area (Å²) in [5, 5.41) is 4.75. The first-order valence-corrected chi connectivity index (χ1v) is 13.0. The van der Waals surface area contributed by atoms with Gasteiger partial charge in [0.1, 0.15) is 29.1 Å². The molecule has 5 nitrogen and oxygen atoms in total. The minimum absolute atomic E-state index is 0.198. The number of nitrogens with one attached hydrogen (secondary N) is 1. The van der Waals surface area contributed by atoms with E-state index in [2.05, 4.69) is 22.1 Å². The number of ether oxygens (including phenoxy) is 1. The van der Waals surface area contributed by atoms with Crippen molar-refractivity contribution in [1.29, 1.82) is 0 Å². The Morgan fingerprint density at radius 1 is 0.868 bits per heavy atom. The highest BCUT2D eigenvalue weighted by molar-refractivity contribution is 7.80. The van der Waals surface area contributed by atoms with Crippen molar-refractivity contribution in [3.05, 3.63) is 131 Å². The van der Waals surface area contributed by atoms with Crippen molar-refractivity contribution in [3.8, 4) is 22.8 Å². The summed E-state index contributed by atoms with van der Waals surface area (Å²) in [7, 11) is 0. The van der Waals surface area contributed by atoms with E-state index in [1.165, 1.54) is 5.56 Å². The first kappa shape index (κ1) is 24.2. The number of anilines is 1. The molecule has 0 aliphatic carbocycles. The standard InChI is InChI=1S/C31H24ClN3O2S/c1-20-5-13-24(14-6-20)36-25-15-11-23(12-16-25)35-30(29(34-31(35)38)26-4-2-3-19-33-26)28-18-17-27(37-28)21-7-9-22(32)10-8-21/h2-19,29-30H,1H3,(H,34,38). The second-order valence-corrected chi connectivity index (χ2v) is 9.94. The monoisotopic (exact) mass is 537 g/mol. The second kappa shape index (κ2) is 10.3. The quantitative estimate of drug-likeness (QED) is 0.220. The van der Waals surface area contributed by atoms with E-state index in [9.17, 15) is 0 Å². The number of thiocarbonyl (C=S) groups is 1. The summed E-state index contributed by atoms with van der Waals surface area (Å²) in [5.41, 5.74) is 3.94. The molecule has 3 heterocycles. The molecule has 1 saturated heterocycles. The van der Waals surface area contributed by atoms with Gasteiger partial charge in [-0.25, -0.2) is 0 Å². The van der Waals surface area contributed by atoms with Gasteiger partial charge in [-0.15, -0.1) is 0 Å². The number of aryl methyl sites for hydroxylation is 1. The van der Waals surface area contributed by atoms with Crippen LogP contribution in [0.15, 0.2) is 114 Å². The molecule has 7 heteroatoms. The fourth-order valence-electron chi connectivity index (χ4n) is 4.62. The lowest BCUT2D eigenvalue weighted by molar-refractivity contribution is 0.439. The van der Waals surface area contributed by atoms with Crippen LogP contribution in [0.4, 0.5) is 5.69 Å². The van der Waals surface area contributed by atoms with E-state index in [4.69, 9.17) is 33.0 Å². The largest absolute Gasteiger partial charge is 0.459 e. The first-order valence-electron chi connectivity index (χ1n) is 12.3. The Morgan fingerprint density at radius 3 is 2.26 bits per heavy atom. The predicted octanol–water partition coefficient (Wildman–Crippen LogP) is 8.27. The lowest BCUT2D eigenvalue weighted by Gasteiger charge is -2.26. The van der Waals surface area contributed by atoms with Gasteiger partial charge in [-0.2, -0.15) is 0 Å². The van der Waals surface area contributed by atoms with Gasteiger partial charge in [0.25, 0.3) is 0 Å². The molecule has 1 aliphatic rings.